The van der Waals surface area contributed by atoms with E-state index in [4.69, 9.17) is 5.73 Å². The molecule has 1 aromatic heterocycles. The number of rotatable bonds is 7. The van der Waals surface area contributed by atoms with Crippen LogP contribution in [0.25, 0.3) is 0 Å². The van der Waals surface area contributed by atoms with Crippen LogP contribution in [0.1, 0.15) is 18.5 Å². The normalized spacial score (nSPS) is 13.8. The number of nitrogens with two attached hydrogens (primary N) is 1. The minimum Gasteiger partial charge on any atom is -0.323 e. The SMILES string of the molecule is CC(C(=O)Nc1ccn(CCN(C)C)n1)C(N)c1ccccc1. The Morgan fingerprint density at radius 1 is 1.30 bits per heavy atom. The Morgan fingerprint density at radius 2 is 2.00 bits per heavy atom. The van der Waals surface area contributed by atoms with Crippen LogP contribution in [0.15, 0.2) is 42.6 Å². The molecule has 1 heterocycles. The highest BCUT2D eigenvalue weighted by atomic mass is 16.2. The van der Waals surface area contributed by atoms with Crippen molar-refractivity contribution in [3.8, 4) is 0 Å². The minimum atomic E-state index is -0.343. The van der Waals surface area contributed by atoms with E-state index in [1.165, 1.54) is 0 Å². The van der Waals surface area contributed by atoms with Crippen LogP contribution < -0.4 is 11.1 Å². The van der Waals surface area contributed by atoms with E-state index in [1.807, 2.05) is 62.2 Å². The standard InChI is InChI=1S/C17H25N5O/c1-13(16(18)14-7-5-4-6-8-14)17(23)19-15-9-10-22(20-15)12-11-21(2)3/h4-10,13,16H,11-12,18H2,1-3H3,(H,19,20,23). The van der Waals surface area contributed by atoms with Crippen LogP contribution in [0.4, 0.5) is 5.82 Å². The molecule has 2 rings (SSSR count). The van der Waals surface area contributed by atoms with Crippen molar-refractivity contribution in [3.05, 3.63) is 48.2 Å². The van der Waals surface area contributed by atoms with Gasteiger partial charge >= 0.3 is 0 Å². The van der Waals surface area contributed by atoms with Crippen molar-refractivity contribution in [2.75, 3.05) is 26.0 Å². The number of anilines is 1. The van der Waals surface area contributed by atoms with E-state index in [0.29, 0.717) is 5.82 Å². The van der Waals surface area contributed by atoms with Gasteiger partial charge in [0.2, 0.25) is 5.91 Å². The molecule has 1 amide bonds. The van der Waals surface area contributed by atoms with Gasteiger partial charge in [-0.15, -0.1) is 0 Å². The number of benzene rings is 1. The van der Waals surface area contributed by atoms with Crippen LogP contribution in [-0.2, 0) is 11.3 Å². The molecule has 2 unspecified atom stereocenters. The number of carbonyl (C=O) groups is 1. The molecule has 6 nitrogen and oxygen atoms in total. The van der Waals surface area contributed by atoms with E-state index >= 15 is 0 Å². The number of aromatic nitrogens is 2. The summed E-state index contributed by atoms with van der Waals surface area (Å²) in [6.45, 7) is 3.50. The highest BCUT2D eigenvalue weighted by Gasteiger charge is 2.22. The van der Waals surface area contributed by atoms with Gasteiger partial charge in [-0.2, -0.15) is 5.10 Å². The molecule has 0 aliphatic carbocycles. The van der Waals surface area contributed by atoms with Gasteiger partial charge < -0.3 is 16.0 Å². The van der Waals surface area contributed by atoms with Crippen molar-refractivity contribution in [3.63, 3.8) is 0 Å². The summed E-state index contributed by atoms with van der Waals surface area (Å²) in [5, 5.41) is 7.19. The molecule has 0 radical (unpaired) electrons. The highest BCUT2D eigenvalue weighted by Crippen LogP contribution is 2.20. The van der Waals surface area contributed by atoms with Crippen molar-refractivity contribution in [2.24, 2.45) is 11.7 Å². The van der Waals surface area contributed by atoms with E-state index in [9.17, 15) is 4.79 Å². The fraction of sp³-hybridized carbons (Fsp3) is 0.412. The van der Waals surface area contributed by atoms with Crippen LogP contribution in [0.3, 0.4) is 0 Å². The monoisotopic (exact) mass is 315 g/mol. The average Bonchev–Trinajstić information content (AvgIpc) is 2.99. The van der Waals surface area contributed by atoms with Gasteiger partial charge in [-0.25, -0.2) is 0 Å². The summed E-state index contributed by atoms with van der Waals surface area (Å²) in [5.74, 6) is 0.0874. The molecular formula is C17H25N5O. The van der Waals surface area contributed by atoms with Gasteiger partial charge in [-0.1, -0.05) is 37.3 Å². The van der Waals surface area contributed by atoms with Crippen molar-refractivity contribution in [1.82, 2.24) is 14.7 Å². The van der Waals surface area contributed by atoms with Crippen LogP contribution >= 0.6 is 0 Å². The summed E-state index contributed by atoms with van der Waals surface area (Å²) in [7, 11) is 4.03. The number of likely N-dealkylation sites (N-methyl/N-ethyl adjacent to an activating group) is 1. The third kappa shape index (κ3) is 4.91. The Morgan fingerprint density at radius 3 is 2.65 bits per heavy atom. The molecule has 0 fully saturated rings. The van der Waals surface area contributed by atoms with Crippen LogP contribution in [-0.4, -0.2) is 41.2 Å². The third-order valence-corrected chi connectivity index (χ3v) is 3.80. The smallest absolute Gasteiger partial charge is 0.230 e. The molecule has 23 heavy (non-hydrogen) atoms. The summed E-state index contributed by atoms with van der Waals surface area (Å²) >= 11 is 0. The maximum atomic E-state index is 12.4. The lowest BCUT2D eigenvalue weighted by atomic mass is 9.95. The summed E-state index contributed by atoms with van der Waals surface area (Å²) in [4.78, 5) is 14.4. The first kappa shape index (κ1) is 17.2. The molecule has 2 aromatic rings. The predicted octanol–water partition coefficient (Wildman–Crippen LogP) is 1.72. The number of hydrogen-bond donors (Lipinski definition) is 2. The zero-order valence-corrected chi connectivity index (χ0v) is 13.9. The molecule has 0 spiro atoms. The Labute approximate surface area is 137 Å². The van der Waals surface area contributed by atoms with E-state index < -0.39 is 0 Å². The molecule has 0 aliphatic rings. The van der Waals surface area contributed by atoms with Gasteiger partial charge in [0.25, 0.3) is 0 Å². The minimum absolute atomic E-state index is 0.126. The van der Waals surface area contributed by atoms with E-state index in [0.717, 1.165) is 18.7 Å². The average molecular weight is 315 g/mol. The summed E-state index contributed by atoms with van der Waals surface area (Å²) < 4.78 is 1.82. The lowest BCUT2D eigenvalue weighted by Gasteiger charge is -2.19. The second-order valence-electron chi connectivity index (χ2n) is 5.98. The highest BCUT2D eigenvalue weighted by molar-refractivity contribution is 5.91. The van der Waals surface area contributed by atoms with Gasteiger partial charge in [0.15, 0.2) is 5.82 Å². The molecule has 124 valence electrons. The van der Waals surface area contributed by atoms with Crippen LogP contribution in [0.5, 0.6) is 0 Å². The third-order valence-electron chi connectivity index (χ3n) is 3.80. The lowest BCUT2D eigenvalue weighted by Crippen LogP contribution is -2.30. The zero-order chi connectivity index (χ0) is 16.8. The Bertz CT molecular complexity index is 623. The fourth-order valence-corrected chi connectivity index (χ4v) is 2.22. The second-order valence-corrected chi connectivity index (χ2v) is 5.98. The first-order chi connectivity index (χ1) is 11.0. The fourth-order valence-electron chi connectivity index (χ4n) is 2.22. The number of nitrogens with zero attached hydrogens (tertiary/aromatic N) is 3. The molecule has 0 aliphatic heterocycles. The first-order valence-electron chi connectivity index (χ1n) is 7.77. The number of nitrogens with one attached hydrogen (secondary N) is 1. The molecule has 1 aromatic carbocycles. The Balaban J connectivity index is 1.93. The quantitative estimate of drug-likeness (QED) is 0.816. The predicted molar refractivity (Wildman–Crippen MR) is 91.9 cm³/mol. The Hall–Kier alpha value is -2.18. The van der Waals surface area contributed by atoms with Crippen molar-refractivity contribution >= 4 is 11.7 Å². The number of carbonyl (C=O) groups excluding carboxylic acids is 1. The van der Waals surface area contributed by atoms with Crippen molar-refractivity contribution < 1.29 is 4.79 Å². The molecule has 2 atom stereocenters. The summed E-state index contributed by atoms with van der Waals surface area (Å²) in [6, 6.07) is 11.1. The second kappa shape index (κ2) is 7.89. The van der Waals surface area contributed by atoms with Gasteiger partial charge in [0, 0.05) is 24.8 Å². The summed E-state index contributed by atoms with van der Waals surface area (Å²) in [6.07, 6.45) is 1.86. The molecule has 0 bridgehead atoms. The van der Waals surface area contributed by atoms with Crippen molar-refractivity contribution in [2.45, 2.75) is 19.5 Å². The van der Waals surface area contributed by atoms with Gasteiger partial charge in [0.1, 0.15) is 0 Å². The van der Waals surface area contributed by atoms with Crippen LogP contribution in [0, 0.1) is 5.92 Å². The summed E-state index contributed by atoms with van der Waals surface area (Å²) in [5.41, 5.74) is 7.14. The lowest BCUT2D eigenvalue weighted by molar-refractivity contribution is -0.120. The zero-order valence-electron chi connectivity index (χ0n) is 13.9. The molecule has 0 saturated heterocycles. The van der Waals surface area contributed by atoms with E-state index in [1.54, 1.807) is 6.07 Å². The van der Waals surface area contributed by atoms with E-state index in [2.05, 4.69) is 15.3 Å². The first-order valence-corrected chi connectivity index (χ1v) is 7.77. The Kier molecular flexibility index (Phi) is 5.90. The van der Waals surface area contributed by atoms with Crippen molar-refractivity contribution in [1.29, 1.82) is 0 Å². The largest absolute Gasteiger partial charge is 0.323 e. The number of amides is 1. The molecular weight excluding hydrogens is 290 g/mol. The number of hydrogen-bond acceptors (Lipinski definition) is 4. The van der Waals surface area contributed by atoms with E-state index in [-0.39, 0.29) is 17.9 Å². The van der Waals surface area contributed by atoms with Crippen LogP contribution in [0.2, 0.25) is 0 Å². The maximum absolute atomic E-state index is 12.4. The van der Waals surface area contributed by atoms with Gasteiger partial charge in [-0.05, 0) is 19.7 Å². The molecule has 6 heteroatoms. The molecule has 3 N–H and O–H groups in total. The van der Waals surface area contributed by atoms with Gasteiger partial charge in [-0.3, -0.25) is 9.48 Å². The topological polar surface area (TPSA) is 76.2 Å². The maximum Gasteiger partial charge on any atom is 0.230 e. The van der Waals surface area contributed by atoms with Gasteiger partial charge in [0.05, 0.1) is 12.5 Å². The molecule has 0 saturated carbocycles.